The quantitative estimate of drug-likeness (QED) is 0.860. The molecule has 0 saturated carbocycles. The lowest BCUT2D eigenvalue weighted by Gasteiger charge is -2.20. The van der Waals surface area contributed by atoms with Crippen LogP contribution in [0.4, 0.5) is 14.5 Å². The van der Waals surface area contributed by atoms with Gasteiger partial charge in [0.15, 0.2) is 5.82 Å². The van der Waals surface area contributed by atoms with Gasteiger partial charge in [-0.2, -0.15) is 9.78 Å². The lowest BCUT2D eigenvalue weighted by molar-refractivity contribution is 0.296. The van der Waals surface area contributed by atoms with E-state index in [1.807, 2.05) is 0 Å². The topological polar surface area (TPSA) is 50.2 Å². The van der Waals surface area contributed by atoms with Crippen LogP contribution in [0.2, 0.25) is 5.02 Å². The number of aromatic nitrogens is 2. The fourth-order valence-electron chi connectivity index (χ4n) is 3.09. The molecule has 3 rings (SSSR count). The zero-order valence-electron chi connectivity index (χ0n) is 14.4. The third-order valence-electron chi connectivity index (χ3n) is 4.50. The summed E-state index contributed by atoms with van der Waals surface area (Å²) in [5, 5.41) is 7.01. The van der Waals surface area contributed by atoms with Gasteiger partial charge in [-0.15, -0.1) is 0 Å². The SMILES string of the molecule is O=c1c(Cl)c(NCCN2CCCCCC2)cnn1-c1ccc(F)cc1F. The molecule has 26 heavy (non-hydrogen) atoms. The second kappa shape index (κ2) is 8.60. The van der Waals surface area contributed by atoms with E-state index in [0.717, 1.165) is 36.4 Å². The molecule has 1 aromatic carbocycles. The van der Waals surface area contributed by atoms with Gasteiger partial charge in [0.05, 0.1) is 11.9 Å². The van der Waals surface area contributed by atoms with Gasteiger partial charge in [-0.1, -0.05) is 24.4 Å². The number of nitrogens with one attached hydrogen (secondary N) is 1. The molecule has 1 saturated heterocycles. The Hall–Kier alpha value is -1.99. The van der Waals surface area contributed by atoms with Crippen molar-refractivity contribution in [3.05, 3.63) is 51.4 Å². The van der Waals surface area contributed by atoms with E-state index < -0.39 is 17.2 Å². The minimum Gasteiger partial charge on any atom is -0.381 e. The fraction of sp³-hybridized carbons (Fsp3) is 0.444. The summed E-state index contributed by atoms with van der Waals surface area (Å²) in [5.41, 5.74) is -0.392. The maximum atomic E-state index is 13.9. The van der Waals surface area contributed by atoms with E-state index in [4.69, 9.17) is 11.6 Å². The molecule has 5 nitrogen and oxygen atoms in total. The third kappa shape index (κ3) is 4.40. The average Bonchev–Trinajstić information content (AvgIpc) is 2.88. The zero-order chi connectivity index (χ0) is 18.5. The van der Waals surface area contributed by atoms with E-state index in [9.17, 15) is 13.6 Å². The van der Waals surface area contributed by atoms with E-state index in [2.05, 4.69) is 15.3 Å². The highest BCUT2D eigenvalue weighted by Crippen LogP contribution is 2.18. The van der Waals surface area contributed by atoms with Crippen LogP contribution < -0.4 is 10.9 Å². The number of rotatable bonds is 5. The largest absolute Gasteiger partial charge is 0.381 e. The number of nitrogens with zero attached hydrogens (tertiary/aromatic N) is 3. The number of halogens is 3. The highest BCUT2D eigenvalue weighted by atomic mass is 35.5. The van der Waals surface area contributed by atoms with Crippen molar-refractivity contribution in [3.8, 4) is 5.69 Å². The molecule has 140 valence electrons. The van der Waals surface area contributed by atoms with Crippen molar-refractivity contribution >= 4 is 17.3 Å². The fourth-order valence-corrected chi connectivity index (χ4v) is 3.28. The molecular weight excluding hydrogens is 362 g/mol. The van der Waals surface area contributed by atoms with Crippen molar-refractivity contribution in [2.45, 2.75) is 25.7 Å². The lowest BCUT2D eigenvalue weighted by atomic mass is 10.2. The lowest BCUT2D eigenvalue weighted by Crippen LogP contribution is -2.30. The highest BCUT2D eigenvalue weighted by Gasteiger charge is 2.14. The number of anilines is 1. The first-order valence-corrected chi connectivity index (χ1v) is 9.13. The molecule has 1 fully saturated rings. The van der Waals surface area contributed by atoms with Crippen LogP contribution in [0.25, 0.3) is 5.69 Å². The van der Waals surface area contributed by atoms with E-state index >= 15 is 0 Å². The van der Waals surface area contributed by atoms with E-state index in [1.165, 1.54) is 31.9 Å². The van der Waals surface area contributed by atoms with Gasteiger partial charge in [0.2, 0.25) is 0 Å². The van der Waals surface area contributed by atoms with Crippen LogP contribution in [0.3, 0.4) is 0 Å². The molecule has 2 heterocycles. The Kier molecular flexibility index (Phi) is 6.21. The number of likely N-dealkylation sites (tertiary alicyclic amines) is 1. The molecule has 8 heteroatoms. The summed E-state index contributed by atoms with van der Waals surface area (Å²) in [6, 6.07) is 2.92. The molecule has 1 aliphatic heterocycles. The molecule has 0 spiro atoms. The summed E-state index contributed by atoms with van der Waals surface area (Å²) in [4.78, 5) is 14.8. The standard InChI is InChI=1S/C18H21ClF2N4O/c19-17-15(22-7-10-24-8-3-1-2-4-9-24)12-23-25(18(17)26)16-6-5-13(20)11-14(16)21/h5-6,11-12,22H,1-4,7-10H2. The summed E-state index contributed by atoms with van der Waals surface area (Å²) in [6.45, 7) is 3.65. The van der Waals surface area contributed by atoms with Crippen LogP contribution in [0.1, 0.15) is 25.7 Å². The number of hydrogen-bond acceptors (Lipinski definition) is 4. The van der Waals surface area contributed by atoms with Crippen LogP contribution in [-0.4, -0.2) is 40.9 Å². The third-order valence-corrected chi connectivity index (χ3v) is 4.86. The van der Waals surface area contributed by atoms with Gasteiger partial charge < -0.3 is 10.2 Å². The van der Waals surface area contributed by atoms with Crippen molar-refractivity contribution in [3.63, 3.8) is 0 Å². The monoisotopic (exact) mass is 382 g/mol. The molecule has 0 unspecified atom stereocenters. The minimum absolute atomic E-state index is 0.0698. The summed E-state index contributed by atoms with van der Waals surface area (Å²) >= 11 is 6.13. The normalized spacial score (nSPS) is 15.7. The van der Waals surface area contributed by atoms with Crippen molar-refractivity contribution in [2.24, 2.45) is 0 Å². The van der Waals surface area contributed by atoms with Gasteiger partial charge in [-0.25, -0.2) is 8.78 Å². The van der Waals surface area contributed by atoms with Crippen LogP contribution in [-0.2, 0) is 0 Å². The van der Waals surface area contributed by atoms with Gasteiger partial charge in [0, 0.05) is 19.2 Å². The second-order valence-corrected chi connectivity index (χ2v) is 6.75. The Bertz CT molecular complexity index is 819. The predicted molar refractivity (Wildman–Crippen MR) is 98.2 cm³/mol. The molecule has 0 bridgehead atoms. The smallest absolute Gasteiger partial charge is 0.292 e. The van der Waals surface area contributed by atoms with Gasteiger partial charge in [-0.3, -0.25) is 4.79 Å². The minimum atomic E-state index is -0.877. The van der Waals surface area contributed by atoms with Crippen molar-refractivity contribution in [2.75, 3.05) is 31.5 Å². The van der Waals surface area contributed by atoms with Gasteiger partial charge in [0.1, 0.15) is 16.5 Å². The molecule has 1 N–H and O–H groups in total. The molecule has 1 aromatic heterocycles. The summed E-state index contributed by atoms with van der Waals surface area (Å²) in [6.07, 6.45) is 6.35. The van der Waals surface area contributed by atoms with Crippen molar-refractivity contribution < 1.29 is 8.78 Å². The number of hydrogen-bond donors (Lipinski definition) is 1. The number of benzene rings is 1. The van der Waals surface area contributed by atoms with E-state index in [1.54, 1.807) is 0 Å². The molecule has 0 amide bonds. The Morgan fingerprint density at radius 2 is 1.88 bits per heavy atom. The molecule has 1 aliphatic rings. The van der Waals surface area contributed by atoms with Crippen LogP contribution in [0, 0.1) is 11.6 Å². The molecule has 0 aliphatic carbocycles. The van der Waals surface area contributed by atoms with Gasteiger partial charge in [0.25, 0.3) is 5.56 Å². The Labute approximate surface area is 155 Å². The highest BCUT2D eigenvalue weighted by molar-refractivity contribution is 6.32. The second-order valence-electron chi connectivity index (χ2n) is 6.37. The maximum Gasteiger partial charge on any atom is 0.292 e. The van der Waals surface area contributed by atoms with E-state index in [-0.39, 0.29) is 10.7 Å². The van der Waals surface area contributed by atoms with Crippen LogP contribution in [0.15, 0.2) is 29.2 Å². The Morgan fingerprint density at radius 3 is 2.58 bits per heavy atom. The summed E-state index contributed by atoms with van der Waals surface area (Å²) in [5.74, 6) is -1.60. The van der Waals surface area contributed by atoms with Crippen molar-refractivity contribution in [1.82, 2.24) is 14.7 Å². The molecular formula is C18H21ClF2N4O. The average molecular weight is 383 g/mol. The maximum absolute atomic E-state index is 13.9. The van der Waals surface area contributed by atoms with Crippen LogP contribution in [0.5, 0.6) is 0 Å². The predicted octanol–water partition coefficient (Wildman–Crippen LogP) is 3.45. The first-order chi connectivity index (χ1) is 12.6. The van der Waals surface area contributed by atoms with Gasteiger partial charge >= 0.3 is 0 Å². The van der Waals surface area contributed by atoms with Gasteiger partial charge in [-0.05, 0) is 38.1 Å². The molecule has 0 radical (unpaired) electrons. The summed E-state index contributed by atoms with van der Waals surface area (Å²) < 4.78 is 27.8. The van der Waals surface area contributed by atoms with E-state index in [0.29, 0.717) is 18.3 Å². The molecule has 2 aromatic rings. The Morgan fingerprint density at radius 1 is 1.15 bits per heavy atom. The first-order valence-electron chi connectivity index (χ1n) is 8.76. The first kappa shape index (κ1) is 18.8. The molecule has 0 atom stereocenters. The zero-order valence-corrected chi connectivity index (χ0v) is 15.1. The van der Waals surface area contributed by atoms with Crippen molar-refractivity contribution in [1.29, 1.82) is 0 Å². The Balaban J connectivity index is 1.70. The van der Waals surface area contributed by atoms with Crippen LogP contribution >= 0.6 is 11.6 Å². The summed E-state index contributed by atoms with van der Waals surface area (Å²) in [7, 11) is 0.